The fraction of sp³-hybridized carbons (Fsp3) is 0. The summed E-state index contributed by atoms with van der Waals surface area (Å²) in [5.41, 5.74) is 1.22. The van der Waals surface area contributed by atoms with Gasteiger partial charge in [0.25, 0.3) is 5.24 Å². The number of nitrogens with one attached hydrogen (secondary N) is 1. The molecule has 0 aliphatic carbocycles. The van der Waals surface area contributed by atoms with Crippen LogP contribution in [0.4, 0.5) is 0 Å². The Morgan fingerprint density at radius 3 is 3.08 bits per heavy atom. The smallest absolute Gasteiger partial charge is 0.268 e. The van der Waals surface area contributed by atoms with Gasteiger partial charge in [-0.05, 0) is 23.7 Å². The normalized spacial score (nSPS) is 10.4. The third-order valence-electron chi connectivity index (χ3n) is 1.64. The minimum Gasteiger partial charge on any atom is -0.350 e. The number of rotatable bonds is 1. The van der Waals surface area contributed by atoms with Crippen molar-refractivity contribution in [3.63, 3.8) is 0 Å². The van der Waals surface area contributed by atoms with E-state index in [2.05, 4.69) is 9.97 Å². The first-order valence-electron chi connectivity index (χ1n) is 3.40. The van der Waals surface area contributed by atoms with Gasteiger partial charge in [0, 0.05) is 11.6 Å². The molecular weight excluding hydrogens is 176 g/mol. The molecule has 0 fully saturated rings. The fourth-order valence-corrected chi connectivity index (χ4v) is 1.18. The molecule has 0 atom stereocenters. The standard InChI is InChI=1S/C8H5ClN2O/c9-8(12)6-3-5-1-2-10-4-7(5)11-6/h1-4,11H. The summed E-state index contributed by atoms with van der Waals surface area (Å²) in [5, 5.41) is 0.459. The summed E-state index contributed by atoms with van der Waals surface area (Å²) < 4.78 is 0. The van der Waals surface area contributed by atoms with Crippen LogP contribution in [0, 0.1) is 0 Å². The number of carbonyl (C=O) groups is 1. The number of aromatic amines is 1. The van der Waals surface area contributed by atoms with Crippen LogP contribution in [-0.4, -0.2) is 15.2 Å². The summed E-state index contributed by atoms with van der Waals surface area (Å²) in [4.78, 5) is 17.5. The van der Waals surface area contributed by atoms with Crippen LogP contribution < -0.4 is 0 Å². The van der Waals surface area contributed by atoms with E-state index in [0.29, 0.717) is 5.69 Å². The fourth-order valence-electron chi connectivity index (χ4n) is 1.08. The number of carbonyl (C=O) groups excluding carboxylic acids is 1. The maximum atomic E-state index is 10.7. The lowest BCUT2D eigenvalue weighted by Gasteiger charge is -1.83. The van der Waals surface area contributed by atoms with Crippen molar-refractivity contribution in [1.29, 1.82) is 0 Å². The molecule has 0 aromatic carbocycles. The molecule has 0 saturated heterocycles. The summed E-state index contributed by atoms with van der Waals surface area (Å²) in [6.45, 7) is 0. The molecular formula is C8H5ClN2O. The van der Waals surface area contributed by atoms with E-state index in [9.17, 15) is 4.79 Å². The zero-order valence-corrected chi connectivity index (χ0v) is 6.80. The highest BCUT2D eigenvalue weighted by molar-refractivity contribution is 6.67. The molecule has 3 nitrogen and oxygen atoms in total. The zero-order chi connectivity index (χ0) is 8.55. The number of H-pyrrole nitrogens is 1. The van der Waals surface area contributed by atoms with Crippen molar-refractivity contribution in [3.05, 3.63) is 30.2 Å². The maximum absolute atomic E-state index is 10.7. The van der Waals surface area contributed by atoms with Gasteiger partial charge in [0.1, 0.15) is 0 Å². The molecule has 12 heavy (non-hydrogen) atoms. The monoisotopic (exact) mass is 180 g/mol. The molecule has 0 unspecified atom stereocenters. The van der Waals surface area contributed by atoms with Gasteiger partial charge in [-0.15, -0.1) is 0 Å². The third-order valence-corrected chi connectivity index (χ3v) is 1.84. The van der Waals surface area contributed by atoms with E-state index in [0.717, 1.165) is 10.9 Å². The first-order chi connectivity index (χ1) is 5.77. The summed E-state index contributed by atoms with van der Waals surface area (Å²) in [6, 6.07) is 3.52. The first kappa shape index (κ1) is 7.31. The largest absolute Gasteiger partial charge is 0.350 e. The number of fused-ring (bicyclic) bond motifs is 1. The topological polar surface area (TPSA) is 45.8 Å². The van der Waals surface area contributed by atoms with Gasteiger partial charge in [-0.1, -0.05) is 0 Å². The molecule has 0 radical (unpaired) electrons. The molecule has 0 bridgehead atoms. The second kappa shape index (κ2) is 2.60. The Kier molecular flexibility index (Phi) is 1.59. The van der Waals surface area contributed by atoms with E-state index in [4.69, 9.17) is 11.6 Å². The van der Waals surface area contributed by atoms with E-state index in [1.807, 2.05) is 6.07 Å². The number of hydrogen-bond donors (Lipinski definition) is 1. The molecule has 1 N–H and O–H groups in total. The van der Waals surface area contributed by atoms with Crippen LogP contribution in [0.2, 0.25) is 0 Å². The first-order valence-corrected chi connectivity index (χ1v) is 3.78. The Hall–Kier alpha value is -1.35. The number of aromatic nitrogens is 2. The Balaban J connectivity index is 2.70. The number of nitrogens with zero attached hydrogens (tertiary/aromatic N) is 1. The van der Waals surface area contributed by atoms with Gasteiger partial charge < -0.3 is 4.98 Å². The Labute approximate surface area is 73.4 Å². The van der Waals surface area contributed by atoms with E-state index in [1.165, 1.54) is 0 Å². The number of halogens is 1. The summed E-state index contributed by atoms with van der Waals surface area (Å²) >= 11 is 5.28. The number of pyridine rings is 1. The SMILES string of the molecule is O=C(Cl)c1cc2ccncc2[nH]1. The lowest BCUT2D eigenvalue weighted by molar-refractivity contribution is 0.107. The molecule has 2 heterocycles. The molecule has 2 rings (SSSR count). The minimum absolute atomic E-state index is 0.402. The lowest BCUT2D eigenvalue weighted by Crippen LogP contribution is -1.86. The quantitative estimate of drug-likeness (QED) is 0.682. The van der Waals surface area contributed by atoms with Crippen LogP contribution in [0.15, 0.2) is 24.5 Å². The van der Waals surface area contributed by atoms with Crippen molar-refractivity contribution in [2.45, 2.75) is 0 Å². The third kappa shape index (κ3) is 1.08. The van der Waals surface area contributed by atoms with Crippen molar-refractivity contribution in [2.24, 2.45) is 0 Å². The molecule has 4 heteroatoms. The molecule has 0 aliphatic rings. The predicted molar refractivity (Wildman–Crippen MR) is 46.3 cm³/mol. The summed E-state index contributed by atoms with van der Waals surface area (Å²) in [6.07, 6.45) is 3.32. The summed E-state index contributed by atoms with van der Waals surface area (Å²) in [5.74, 6) is 0. The van der Waals surface area contributed by atoms with Gasteiger partial charge in [-0.2, -0.15) is 0 Å². The molecule has 0 aliphatic heterocycles. The van der Waals surface area contributed by atoms with E-state index in [-0.39, 0.29) is 0 Å². The van der Waals surface area contributed by atoms with Crippen LogP contribution in [0.25, 0.3) is 10.9 Å². The molecule has 0 spiro atoms. The van der Waals surface area contributed by atoms with E-state index >= 15 is 0 Å². The highest BCUT2D eigenvalue weighted by Gasteiger charge is 2.04. The van der Waals surface area contributed by atoms with Crippen molar-refractivity contribution in [1.82, 2.24) is 9.97 Å². The average molecular weight is 181 g/mol. The molecule has 0 amide bonds. The Bertz CT molecular complexity index is 402. The molecule has 0 saturated carbocycles. The van der Waals surface area contributed by atoms with Gasteiger partial charge in [-0.25, -0.2) is 0 Å². The van der Waals surface area contributed by atoms with Gasteiger partial charge in [0.15, 0.2) is 0 Å². The molecule has 2 aromatic heterocycles. The van der Waals surface area contributed by atoms with Crippen molar-refractivity contribution in [2.75, 3.05) is 0 Å². The maximum Gasteiger partial charge on any atom is 0.268 e. The minimum atomic E-state index is -0.480. The van der Waals surface area contributed by atoms with Crippen LogP contribution in [0.5, 0.6) is 0 Å². The van der Waals surface area contributed by atoms with Crippen LogP contribution >= 0.6 is 11.6 Å². The van der Waals surface area contributed by atoms with E-state index in [1.54, 1.807) is 18.5 Å². The van der Waals surface area contributed by atoms with Crippen LogP contribution in [0.3, 0.4) is 0 Å². The predicted octanol–water partition coefficient (Wildman–Crippen LogP) is 1.94. The highest BCUT2D eigenvalue weighted by Crippen LogP contribution is 2.14. The van der Waals surface area contributed by atoms with Crippen LogP contribution in [-0.2, 0) is 0 Å². The second-order valence-electron chi connectivity index (χ2n) is 2.42. The highest BCUT2D eigenvalue weighted by atomic mass is 35.5. The van der Waals surface area contributed by atoms with E-state index < -0.39 is 5.24 Å². The zero-order valence-electron chi connectivity index (χ0n) is 6.04. The van der Waals surface area contributed by atoms with Gasteiger partial charge >= 0.3 is 0 Å². The van der Waals surface area contributed by atoms with Gasteiger partial charge in [-0.3, -0.25) is 9.78 Å². The van der Waals surface area contributed by atoms with Crippen molar-refractivity contribution in [3.8, 4) is 0 Å². The van der Waals surface area contributed by atoms with Gasteiger partial charge in [0.05, 0.1) is 17.4 Å². The summed E-state index contributed by atoms with van der Waals surface area (Å²) in [7, 11) is 0. The second-order valence-corrected chi connectivity index (χ2v) is 2.76. The lowest BCUT2D eigenvalue weighted by atomic mass is 10.3. The Morgan fingerprint density at radius 2 is 2.42 bits per heavy atom. The average Bonchev–Trinajstić information content (AvgIpc) is 2.46. The molecule has 2 aromatic rings. The van der Waals surface area contributed by atoms with Crippen molar-refractivity contribution < 1.29 is 4.79 Å². The van der Waals surface area contributed by atoms with Crippen LogP contribution in [0.1, 0.15) is 10.5 Å². The van der Waals surface area contributed by atoms with Crippen molar-refractivity contribution >= 4 is 27.7 Å². The Morgan fingerprint density at radius 1 is 1.58 bits per heavy atom. The number of hydrogen-bond acceptors (Lipinski definition) is 2. The molecule has 60 valence electrons. The van der Waals surface area contributed by atoms with Gasteiger partial charge in [0.2, 0.25) is 0 Å².